The van der Waals surface area contributed by atoms with Crippen molar-refractivity contribution >= 4 is 48.1 Å². The van der Waals surface area contributed by atoms with Crippen molar-refractivity contribution in [2.24, 2.45) is 11.7 Å². The van der Waals surface area contributed by atoms with E-state index in [1.54, 1.807) is 12.1 Å². The van der Waals surface area contributed by atoms with Gasteiger partial charge in [-0.2, -0.15) is 12.6 Å². The summed E-state index contributed by atoms with van der Waals surface area (Å²) in [5, 5.41) is 28.1. The minimum absolute atomic E-state index is 0.00817. The Balaban J connectivity index is 1.95. The van der Waals surface area contributed by atoms with Gasteiger partial charge in [0.2, 0.25) is 29.5 Å². The number of rotatable bonds is 15. The van der Waals surface area contributed by atoms with Gasteiger partial charge in [-0.3, -0.25) is 28.8 Å². The first-order valence-corrected chi connectivity index (χ1v) is 14.3. The zero-order valence-electron chi connectivity index (χ0n) is 23.7. The van der Waals surface area contributed by atoms with Gasteiger partial charge in [-0.1, -0.05) is 26.0 Å². The van der Waals surface area contributed by atoms with Crippen LogP contribution in [-0.2, 0) is 35.2 Å². The first kappa shape index (κ1) is 34.4. The van der Waals surface area contributed by atoms with Crippen LogP contribution < -0.4 is 27.0 Å². The molecule has 0 aromatic heterocycles. The number of nitrogens with zero attached hydrogens (tertiary/aromatic N) is 1. The minimum Gasteiger partial charge on any atom is -0.508 e. The summed E-state index contributed by atoms with van der Waals surface area (Å²) in [5.74, 6) is -4.22. The van der Waals surface area contributed by atoms with Crippen molar-refractivity contribution in [2.75, 3.05) is 25.4 Å². The van der Waals surface area contributed by atoms with Crippen LogP contribution >= 0.6 is 12.6 Å². The highest BCUT2D eigenvalue weighted by atomic mass is 32.1. The Morgan fingerprint density at radius 1 is 1.00 bits per heavy atom. The van der Waals surface area contributed by atoms with Crippen LogP contribution in [-0.4, -0.2) is 100 Å². The van der Waals surface area contributed by atoms with Crippen molar-refractivity contribution in [1.82, 2.24) is 26.2 Å². The molecule has 15 heteroatoms. The Morgan fingerprint density at radius 2 is 1.67 bits per heavy atom. The molecule has 232 valence electrons. The lowest BCUT2D eigenvalue weighted by molar-refractivity contribution is -0.143. The van der Waals surface area contributed by atoms with E-state index in [9.17, 15) is 33.9 Å². The summed E-state index contributed by atoms with van der Waals surface area (Å²) in [4.78, 5) is 76.0. The Bertz CT molecular complexity index is 1130. The molecule has 2 rings (SSSR count). The van der Waals surface area contributed by atoms with Crippen LogP contribution in [0, 0.1) is 5.92 Å². The number of carboxylic acid groups (broad SMARTS) is 1. The predicted octanol–water partition coefficient (Wildman–Crippen LogP) is -1.48. The molecule has 1 aromatic carbocycles. The van der Waals surface area contributed by atoms with Gasteiger partial charge in [0.05, 0.1) is 12.6 Å². The number of nitrogens with two attached hydrogens (primary N) is 1. The molecule has 0 saturated carbocycles. The number of phenolic OH excluding ortho intramolecular Hbond substituents is 1. The number of benzene rings is 1. The third-order valence-corrected chi connectivity index (χ3v) is 6.93. The number of carboxylic acids is 1. The SMILES string of the molecule is CC(C)C[C@H](NC(=O)[C@H](CS)NC(=O)CNC(=O)[C@@H](N)Cc1ccc(O)cc1)C(=O)N1CCC[C@H]1C(=O)NCC(=O)O. The molecule has 8 N–H and O–H groups in total. The number of aromatic hydroxyl groups is 1. The largest absolute Gasteiger partial charge is 0.508 e. The third kappa shape index (κ3) is 10.9. The van der Waals surface area contributed by atoms with Crippen LogP contribution in [0.25, 0.3) is 0 Å². The van der Waals surface area contributed by atoms with Crippen molar-refractivity contribution < 1.29 is 39.0 Å². The summed E-state index contributed by atoms with van der Waals surface area (Å²) >= 11 is 4.15. The smallest absolute Gasteiger partial charge is 0.322 e. The van der Waals surface area contributed by atoms with Gasteiger partial charge in [-0.05, 0) is 49.3 Å². The van der Waals surface area contributed by atoms with E-state index < -0.39 is 72.8 Å². The van der Waals surface area contributed by atoms with E-state index in [2.05, 4.69) is 33.9 Å². The summed E-state index contributed by atoms with van der Waals surface area (Å²) in [6, 6.07) is 2.26. The van der Waals surface area contributed by atoms with Gasteiger partial charge in [-0.25, -0.2) is 0 Å². The summed E-state index contributed by atoms with van der Waals surface area (Å²) in [6.07, 6.45) is 1.34. The molecule has 0 spiro atoms. The lowest BCUT2D eigenvalue weighted by Crippen LogP contribution is -2.58. The summed E-state index contributed by atoms with van der Waals surface area (Å²) in [5.41, 5.74) is 6.63. The second-order valence-corrected chi connectivity index (χ2v) is 10.9. The maximum atomic E-state index is 13.4. The van der Waals surface area contributed by atoms with Crippen LogP contribution in [0.4, 0.5) is 0 Å². The summed E-state index contributed by atoms with van der Waals surface area (Å²) < 4.78 is 0. The number of thiol groups is 1. The molecule has 0 aliphatic carbocycles. The predicted molar refractivity (Wildman–Crippen MR) is 155 cm³/mol. The average Bonchev–Trinajstić information content (AvgIpc) is 3.43. The Hall–Kier alpha value is -3.85. The van der Waals surface area contributed by atoms with E-state index in [1.807, 2.05) is 13.8 Å². The van der Waals surface area contributed by atoms with E-state index in [1.165, 1.54) is 17.0 Å². The van der Waals surface area contributed by atoms with Crippen molar-refractivity contribution in [2.45, 2.75) is 63.7 Å². The summed E-state index contributed by atoms with van der Waals surface area (Å²) in [7, 11) is 0. The molecule has 1 heterocycles. The number of aliphatic carboxylic acids is 1. The number of amides is 5. The molecule has 14 nitrogen and oxygen atoms in total. The van der Waals surface area contributed by atoms with Crippen LogP contribution in [0.5, 0.6) is 5.75 Å². The zero-order valence-corrected chi connectivity index (χ0v) is 24.6. The number of carbonyl (C=O) groups excluding carboxylic acids is 5. The van der Waals surface area contributed by atoms with E-state index in [4.69, 9.17) is 10.8 Å². The molecular weight excluding hydrogens is 568 g/mol. The van der Waals surface area contributed by atoms with Crippen molar-refractivity contribution in [3.05, 3.63) is 29.8 Å². The van der Waals surface area contributed by atoms with Gasteiger partial charge in [0.25, 0.3) is 0 Å². The Kier molecular flexibility index (Phi) is 13.5. The van der Waals surface area contributed by atoms with Crippen LogP contribution in [0.2, 0.25) is 0 Å². The minimum atomic E-state index is -1.21. The highest BCUT2D eigenvalue weighted by molar-refractivity contribution is 7.80. The molecular formula is C27H40N6O8S. The monoisotopic (exact) mass is 608 g/mol. The normalized spacial score (nSPS) is 16.7. The highest BCUT2D eigenvalue weighted by Gasteiger charge is 2.38. The number of nitrogens with one attached hydrogen (secondary N) is 4. The lowest BCUT2D eigenvalue weighted by atomic mass is 10.0. The molecule has 1 fully saturated rings. The fraction of sp³-hybridized carbons (Fsp3) is 0.556. The number of hydrogen-bond donors (Lipinski definition) is 8. The van der Waals surface area contributed by atoms with Crippen molar-refractivity contribution in [1.29, 1.82) is 0 Å². The number of hydrogen-bond acceptors (Lipinski definition) is 9. The van der Waals surface area contributed by atoms with E-state index in [0.29, 0.717) is 12.8 Å². The molecule has 0 radical (unpaired) electrons. The molecule has 0 bridgehead atoms. The third-order valence-electron chi connectivity index (χ3n) is 6.56. The lowest BCUT2D eigenvalue weighted by Gasteiger charge is -2.30. The van der Waals surface area contributed by atoms with Gasteiger partial charge < -0.3 is 42.1 Å². The van der Waals surface area contributed by atoms with E-state index >= 15 is 0 Å². The zero-order chi connectivity index (χ0) is 31.4. The maximum absolute atomic E-state index is 13.4. The Morgan fingerprint density at radius 3 is 2.26 bits per heavy atom. The number of phenols is 1. The number of carbonyl (C=O) groups is 6. The molecule has 1 saturated heterocycles. The van der Waals surface area contributed by atoms with Crippen molar-refractivity contribution in [3.8, 4) is 5.75 Å². The van der Waals surface area contributed by atoms with Crippen molar-refractivity contribution in [3.63, 3.8) is 0 Å². The first-order chi connectivity index (χ1) is 19.8. The van der Waals surface area contributed by atoms with Gasteiger partial charge >= 0.3 is 5.97 Å². The fourth-order valence-corrected chi connectivity index (χ4v) is 4.72. The molecule has 0 unspecified atom stereocenters. The highest BCUT2D eigenvalue weighted by Crippen LogP contribution is 2.20. The quantitative estimate of drug-likeness (QED) is 0.109. The van der Waals surface area contributed by atoms with Gasteiger partial charge in [0.15, 0.2) is 0 Å². The number of likely N-dealkylation sites (tertiary alicyclic amines) is 1. The van der Waals surface area contributed by atoms with Crippen LogP contribution in [0.3, 0.4) is 0 Å². The summed E-state index contributed by atoms with van der Waals surface area (Å²) in [6.45, 7) is 2.98. The molecule has 1 aromatic rings. The first-order valence-electron chi connectivity index (χ1n) is 13.6. The maximum Gasteiger partial charge on any atom is 0.322 e. The second kappa shape index (κ2) is 16.6. The van der Waals surface area contributed by atoms with Gasteiger partial charge in [0, 0.05) is 12.3 Å². The van der Waals surface area contributed by atoms with E-state index in [0.717, 1.165) is 5.56 Å². The molecule has 42 heavy (non-hydrogen) atoms. The van der Waals surface area contributed by atoms with Gasteiger partial charge in [0.1, 0.15) is 30.4 Å². The second-order valence-electron chi connectivity index (χ2n) is 10.5. The van der Waals surface area contributed by atoms with E-state index in [-0.39, 0.29) is 36.8 Å². The molecule has 5 amide bonds. The van der Waals surface area contributed by atoms with Crippen LogP contribution in [0.1, 0.15) is 38.7 Å². The average molecular weight is 609 g/mol. The fourth-order valence-electron chi connectivity index (χ4n) is 4.47. The molecule has 1 aliphatic rings. The van der Waals surface area contributed by atoms with Crippen LogP contribution in [0.15, 0.2) is 24.3 Å². The topological polar surface area (TPSA) is 220 Å². The van der Waals surface area contributed by atoms with Gasteiger partial charge in [-0.15, -0.1) is 0 Å². The standard InChI is InChI=1S/C27H40N6O8S/c1-15(2)10-19(27(41)33-9-3-4-21(33)26(40)30-13-23(36)37)32-25(39)20(14-42)31-22(35)12-29-24(38)18(28)11-16-5-7-17(34)8-6-16/h5-8,15,18-21,34,42H,3-4,9-14,28H2,1-2H3,(H,29,38)(H,30,40)(H,31,35)(H,32,39)(H,36,37)/t18-,19-,20-,21-/m0/s1. The Labute approximate surface area is 249 Å². The molecule has 4 atom stereocenters. The molecule has 1 aliphatic heterocycles.